The second kappa shape index (κ2) is 5.61. The molecule has 0 aliphatic rings. The predicted molar refractivity (Wildman–Crippen MR) is 68.4 cm³/mol. The standard InChI is InChI=1S/C14H22FNO/c1-5-16(10-14(3,4)17)11(2)12-6-8-13(15)9-7-12/h6-9,11,17H,5,10H2,1-4H3. The number of nitrogens with zero attached hydrogens (tertiary/aromatic N) is 1. The third-order valence-electron chi connectivity index (χ3n) is 2.90. The largest absolute Gasteiger partial charge is 0.389 e. The molecule has 1 rings (SSSR count). The van der Waals surface area contributed by atoms with E-state index in [0.29, 0.717) is 6.54 Å². The van der Waals surface area contributed by atoms with Crippen LogP contribution in [0.25, 0.3) is 0 Å². The summed E-state index contributed by atoms with van der Waals surface area (Å²) in [4.78, 5) is 2.17. The van der Waals surface area contributed by atoms with Crippen LogP contribution in [0.3, 0.4) is 0 Å². The summed E-state index contributed by atoms with van der Waals surface area (Å²) in [6.07, 6.45) is 0. The Morgan fingerprint density at radius 2 is 1.82 bits per heavy atom. The van der Waals surface area contributed by atoms with Gasteiger partial charge < -0.3 is 5.11 Å². The molecule has 1 atom stereocenters. The number of aliphatic hydroxyl groups is 1. The van der Waals surface area contributed by atoms with Gasteiger partial charge in [-0.05, 0) is 45.0 Å². The highest BCUT2D eigenvalue weighted by molar-refractivity contribution is 5.19. The molecule has 0 aliphatic heterocycles. The van der Waals surface area contributed by atoms with Gasteiger partial charge in [-0.2, -0.15) is 0 Å². The van der Waals surface area contributed by atoms with Gasteiger partial charge in [0.25, 0.3) is 0 Å². The maximum Gasteiger partial charge on any atom is 0.123 e. The van der Waals surface area contributed by atoms with Crippen molar-refractivity contribution in [1.82, 2.24) is 4.90 Å². The van der Waals surface area contributed by atoms with Gasteiger partial charge in [-0.3, -0.25) is 4.90 Å². The second-order valence-electron chi connectivity index (χ2n) is 5.10. The molecule has 0 amide bonds. The molecule has 0 fully saturated rings. The van der Waals surface area contributed by atoms with Gasteiger partial charge >= 0.3 is 0 Å². The molecule has 1 unspecified atom stereocenters. The van der Waals surface area contributed by atoms with Crippen LogP contribution in [0.15, 0.2) is 24.3 Å². The van der Waals surface area contributed by atoms with Crippen molar-refractivity contribution >= 4 is 0 Å². The van der Waals surface area contributed by atoms with Gasteiger partial charge in [0.2, 0.25) is 0 Å². The van der Waals surface area contributed by atoms with Gasteiger partial charge in [-0.25, -0.2) is 4.39 Å². The lowest BCUT2D eigenvalue weighted by molar-refractivity contribution is 0.0249. The molecule has 0 bridgehead atoms. The summed E-state index contributed by atoms with van der Waals surface area (Å²) in [5.74, 6) is -0.216. The zero-order chi connectivity index (χ0) is 13.1. The molecule has 0 aliphatic carbocycles. The highest BCUT2D eigenvalue weighted by atomic mass is 19.1. The Balaban J connectivity index is 2.78. The van der Waals surface area contributed by atoms with E-state index < -0.39 is 5.60 Å². The molecular formula is C14H22FNO. The highest BCUT2D eigenvalue weighted by Crippen LogP contribution is 2.22. The zero-order valence-corrected chi connectivity index (χ0v) is 11.1. The molecule has 1 N–H and O–H groups in total. The third kappa shape index (κ3) is 4.44. The van der Waals surface area contributed by atoms with Crippen LogP contribution in [0, 0.1) is 5.82 Å². The molecule has 0 radical (unpaired) electrons. The molecule has 1 aromatic rings. The fourth-order valence-electron chi connectivity index (χ4n) is 1.97. The average molecular weight is 239 g/mol. The minimum absolute atomic E-state index is 0.173. The lowest BCUT2D eigenvalue weighted by atomic mass is 10.0. The van der Waals surface area contributed by atoms with Crippen LogP contribution in [0.5, 0.6) is 0 Å². The highest BCUT2D eigenvalue weighted by Gasteiger charge is 2.21. The van der Waals surface area contributed by atoms with Gasteiger partial charge in [0.1, 0.15) is 5.82 Å². The lowest BCUT2D eigenvalue weighted by Gasteiger charge is -2.33. The van der Waals surface area contributed by atoms with E-state index in [-0.39, 0.29) is 11.9 Å². The molecular weight excluding hydrogens is 217 g/mol. The van der Waals surface area contributed by atoms with Crippen molar-refractivity contribution in [3.05, 3.63) is 35.6 Å². The Labute approximate surface area is 103 Å². The van der Waals surface area contributed by atoms with Crippen molar-refractivity contribution in [1.29, 1.82) is 0 Å². The van der Waals surface area contributed by atoms with Crippen LogP contribution in [0.2, 0.25) is 0 Å². The third-order valence-corrected chi connectivity index (χ3v) is 2.90. The molecule has 96 valence electrons. The van der Waals surface area contributed by atoms with Crippen molar-refractivity contribution in [2.75, 3.05) is 13.1 Å². The number of hydrogen-bond donors (Lipinski definition) is 1. The Bertz CT molecular complexity index is 342. The van der Waals surface area contributed by atoms with E-state index in [1.54, 1.807) is 26.0 Å². The first-order valence-electron chi connectivity index (χ1n) is 6.05. The first-order chi connectivity index (χ1) is 7.83. The van der Waals surface area contributed by atoms with E-state index >= 15 is 0 Å². The smallest absolute Gasteiger partial charge is 0.123 e. The van der Waals surface area contributed by atoms with Crippen molar-refractivity contribution < 1.29 is 9.50 Å². The lowest BCUT2D eigenvalue weighted by Crippen LogP contribution is -2.39. The normalized spacial score (nSPS) is 14.1. The van der Waals surface area contributed by atoms with E-state index in [2.05, 4.69) is 18.7 Å². The Hall–Kier alpha value is -0.930. The Morgan fingerprint density at radius 1 is 1.29 bits per heavy atom. The van der Waals surface area contributed by atoms with Crippen LogP contribution in [-0.4, -0.2) is 28.7 Å². The fraction of sp³-hybridized carbons (Fsp3) is 0.571. The van der Waals surface area contributed by atoms with Crippen LogP contribution in [0.1, 0.15) is 39.3 Å². The molecule has 17 heavy (non-hydrogen) atoms. The molecule has 0 heterocycles. The van der Waals surface area contributed by atoms with Crippen LogP contribution in [-0.2, 0) is 0 Å². The van der Waals surface area contributed by atoms with E-state index in [0.717, 1.165) is 12.1 Å². The minimum Gasteiger partial charge on any atom is -0.389 e. The number of rotatable bonds is 5. The van der Waals surface area contributed by atoms with E-state index in [1.807, 2.05) is 0 Å². The number of likely N-dealkylation sites (N-methyl/N-ethyl adjacent to an activating group) is 1. The first-order valence-corrected chi connectivity index (χ1v) is 6.05. The van der Waals surface area contributed by atoms with Gasteiger partial charge in [-0.1, -0.05) is 19.1 Å². The summed E-state index contributed by atoms with van der Waals surface area (Å²) in [6.45, 7) is 9.18. The zero-order valence-electron chi connectivity index (χ0n) is 11.1. The quantitative estimate of drug-likeness (QED) is 0.854. The summed E-state index contributed by atoms with van der Waals surface area (Å²) < 4.78 is 12.9. The summed E-state index contributed by atoms with van der Waals surface area (Å²) >= 11 is 0. The van der Waals surface area contributed by atoms with Gasteiger partial charge in [0.05, 0.1) is 5.60 Å². The van der Waals surface area contributed by atoms with Gasteiger partial charge in [0, 0.05) is 12.6 Å². The monoisotopic (exact) mass is 239 g/mol. The number of benzene rings is 1. The molecule has 1 aromatic carbocycles. The van der Waals surface area contributed by atoms with Crippen molar-refractivity contribution in [2.24, 2.45) is 0 Å². The molecule has 0 aromatic heterocycles. The minimum atomic E-state index is -0.718. The Morgan fingerprint density at radius 3 is 2.24 bits per heavy atom. The summed E-state index contributed by atoms with van der Waals surface area (Å²) in [7, 11) is 0. The van der Waals surface area contributed by atoms with Crippen molar-refractivity contribution in [3.63, 3.8) is 0 Å². The predicted octanol–water partition coefficient (Wildman–Crippen LogP) is 2.98. The van der Waals surface area contributed by atoms with Gasteiger partial charge in [0.15, 0.2) is 0 Å². The van der Waals surface area contributed by atoms with E-state index in [9.17, 15) is 9.50 Å². The first kappa shape index (κ1) is 14.1. The number of hydrogen-bond acceptors (Lipinski definition) is 2. The fourth-order valence-corrected chi connectivity index (χ4v) is 1.97. The molecule has 0 saturated carbocycles. The van der Waals surface area contributed by atoms with E-state index in [4.69, 9.17) is 0 Å². The topological polar surface area (TPSA) is 23.5 Å². The van der Waals surface area contributed by atoms with Crippen molar-refractivity contribution in [2.45, 2.75) is 39.3 Å². The van der Waals surface area contributed by atoms with Crippen LogP contribution in [0.4, 0.5) is 4.39 Å². The second-order valence-corrected chi connectivity index (χ2v) is 5.10. The van der Waals surface area contributed by atoms with Gasteiger partial charge in [-0.15, -0.1) is 0 Å². The average Bonchev–Trinajstić information content (AvgIpc) is 2.25. The molecule has 0 spiro atoms. The molecule has 2 nitrogen and oxygen atoms in total. The van der Waals surface area contributed by atoms with Crippen LogP contribution >= 0.6 is 0 Å². The molecule has 3 heteroatoms. The maximum atomic E-state index is 12.9. The Kier molecular flexibility index (Phi) is 4.66. The van der Waals surface area contributed by atoms with Crippen molar-refractivity contribution in [3.8, 4) is 0 Å². The SMILES string of the molecule is CCN(CC(C)(C)O)C(C)c1ccc(F)cc1. The summed E-state index contributed by atoms with van der Waals surface area (Å²) in [6, 6.07) is 6.72. The number of halogens is 1. The van der Waals surface area contributed by atoms with Crippen LogP contribution < -0.4 is 0 Å². The maximum absolute atomic E-state index is 12.9. The summed E-state index contributed by atoms with van der Waals surface area (Å²) in [5, 5.41) is 9.86. The molecule has 0 saturated heterocycles. The van der Waals surface area contributed by atoms with E-state index in [1.165, 1.54) is 12.1 Å². The summed E-state index contributed by atoms with van der Waals surface area (Å²) in [5.41, 5.74) is 0.349.